The molecule has 0 heterocycles. The van der Waals surface area contributed by atoms with Gasteiger partial charge in [0.25, 0.3) is 5.69 Å². The lowest BCUT2D eigenvalue weighted by Gasteiger charge is -2.04. The molecular formula is C9H11N5O5S. The molecule has 108 valence electrons. The minimum atomic E-state index is -3.87. The predicted molar refractivity (Wildman–Crippen MR) is 71.3 cm³/mol. The second-order valence-corrected chi connectivity index (χ2v) is 5.66. The average molecular weight is 301 g/mol. The summed E-state index contributed by atoms with van der Waals surface area (Å²) < 4.78 is 22.8. The van der Waals surface area contributed by atoms with Crippen LogP contribution in [0.15, 0.2) is 27.2 Å². The second-order valence-electron chi connectivity index (χ2n) is 3.68. The van der Waals surface area contributed by atoms with Crippen LogP contribution < -0.4 is 11.5 Å². The first-order valence-corrected chi connectivity index (χ1v) is 6.85. The number of phenolic OH excluding ortho intramolecular Hbond substituents is 1. The van der Waals surface area contributed by atoms with E-state index in [1.165, 1.54) is 0 Å². The Balaban J connectivity index is 3.46. The molecule has 0 amide bonds. The van der Waals surface area contributed by atoms with Crippen molar-refractivity contribution in [3.63, 3.8) is 0 Å². The molecule has 0 saturated carbocycles. The molecule has 0 fully saturated rings. The van der Waals surface area contributed by atoms with Crippen LogP contribution >= 0.6 is 0 Å². The smallest absolute Gasteiger partial charge is 0.288 e. The molecule has 0 saturated heterocycles. The van der Waals surface area contributed by atoms with Crippen LogP contribution in [0, 0.1) is 10.1 Å². The van der Waals surface area contributed by atoms with Crippen molar-refractivity contribution in [1.82, 2.24) is 0 Å². The van der Waals surface area contributed by atoms with E-state index in [0.717, 1.165) is 24.6 Å². The van der Waals surface area contributed by atoms with Crippen molar-refractivity contribution >= 4 is 27.7 Å². The van der Waals surface area contributed by atoms with Gasteiger partial charge in [0, 0.05) is 24.0 Å². The van der Waals surface area contributed by atoms with Crippen LogP contribution in [0.4, 0.5) is 5.69 Å². The Morgan fingerprint density at radius 1 is 1.45 bits per heavy atom. The van der Waals surface area contributed by atoms with Gasteiger partial charge in [0.05, 0.1) is 11.1 Å². The van der Waals surface area contributed by atoms with Gasteiger partial charge in [-0.3, -0.25) is 10.1 Å². The number of hydrogen-bond acceptors (Lipinski definition) is 7. The fourth-order valence-electron chi connectivity index (χ4n) is 1.27. The third kappa shape index (κ3) is 3.65. The van der Waals surface area contributed by atoms with Gasteiger partial charge in [-0.15, -0.1) is 5.10 Å². The van der Waals surface area contributed by atoms with E-state index in [1.54, 1.807) is 0 Å². The number of nitrogens with zero attached hydrogens (tertiary/aromatic N) is 3. The molecule has 0 bridgehead atoms. The zero-order valence-corrected chi connectivity index (χ0v) is 11.0. The molecule has 1 rings (SSSR count). The number of sulfone groups is 1. The molecule has 0 atom stereocenters. The maximum atomic E-state index is 11.4. The van der Waals surface area contributed by atoms with E-state index in [4.69, 9.17) is 11.5 Å². The van der Waals surface area contributed by atoms with Crippen molar-refractivity contribution in [2.45, 2.75) is 4.90 Å². The van der Waals surface area contributed by atoms with Gasteiger partial charge in [-0.1, -0.05) is 0 Å². The number of guanidine groups is 1. The van der Waals surface area contributed by atoms with E-state index < -0.39 is 31.1 Å². The Kier molecular flexibility index (Phi) is 4.24. The minimum absolute atomic E-state index is 0.103. The number of nitro groups is 1. The molecular weight excluding hydrogens is 290 g/mol. The Morgan fingerprint density at radius 3 is 2.50 bits per heavy atom. The number of rotatable bonds is 4. The molecule has 0 aliphatic heterocycles. The summed E-state index contributed by atoms with van der Waals surface area (Å²) in [4.78, 5) is 9.38. The Hall–Kier alpha value is -2.69. The van der Waals surface area contributed by atoms with Gasteiger partial charge in [0.15, 0.2) is 9.84 Å². The Morgan fingerprint density at radius 2 is 2.05 bits per heavy atom. The second kappa shape index (κ2) is 5.52. The number of nitrogens with two attached hydrogens (primary N) is 2. The molecule has 0 radical (unpaired) electrons. The first-order valence-electron chi connectivity index (χ1n) is 4.96. The van der Waals surface area contributed by atoms with Crippen molar-refractivity contribution in [1.29, 1.82) is 0 Å². The third-order valence-corrected chi connectivity index (χ3v) is 3.20. The van der Waals surface area contributed by atoms with Crippen LogP contribution in [0.1, 0.15) is 5.56 Å². The van der Waals surface area contributed by atoms with Gasteiger partial charge in [-0.25, -0.2) is 8.42 Å². The van der Waals surface area contributed by atoms with Crippen LogP contribution in [0.3, 0.4) is 0 Å². The van der Waals surface area contributed by atoms with Crippen molar-refractivity contribution in [3.8, 4) is 5.75 Å². The molecule has 11 heteroatoms. The topological polar surface area (TPSA) is 174 Å². The molecule has 10 nitrogen and oxygen atoms in total. The highest BCUT2D eigenvalue weighted by atomic mass is 32.2. The summed E-state index contributed by atoms with van der Waals surface area (Å²) >= 11 is 0. The van der Waals surface area contributed by atoms with Gasteiger partial charge in [-0.2, -0.15) is 5.10 Å². The highest BCUT2D eigenvalue weighted by Gasteiger charge is 2.24. The van der Waals surface area contributed by atoms with Gasteiger partial charge < -0.3 is 16.6 Å². The van der Waals surface area contributed by atoms with Gasteiger partial charge >= 0.3 is 0 Å². The van der Waals surface area contributed by atoms with E-state index in [0.29, 0.717) is 0 Å². The number of phenols is 1. The van der Waals surface area contributed by atoms with Crippen LogP contribution in [0.2, 0.25) is 0 Å². The lowest BCUT2D eigenvalue weighted by Crippen LogP contribution is -2.21. The van der Waals surface area contributed by atoms with E-state index >= 15 is 0 Å². The first kappa shape index (κ1) is 15.4. The fraction of sp³-hybridized carbons (Fsp3) is 0.111. The molecule has 20 heavy (non-hydrogen) atoms. The molecule has 1 aromatic carbocycles. The fourth-order valence-corrected chi connectivity index (χ4v) is 2.11. The van der Waals surface area contributed by atoms with E-state index in [-0.39, 0.29) is 11.5 Å². The highest BCUT2D eigenvalue weighted by Crippen LogP contribution is 2.30. The van der Waals surface area contributed by atoms with Gasteiger partial charge in [0.2, 0.25) is 5.96 Å². The quantitative estimate of drug-likeness (QED) is 0.285. The molecule has 0 aromatic heterocycles. The maximum Gasteiger partial charge on any atom is 0.288 e. The maximum absolute atomic E-state index is 11.4. The van der Waals surface area contributed by atoms with E-state index in [1.807, 2.05) is 0 Å². The summed E-state index contributed by atoms with van der Waals surface area (Å²) in [5.41, 5.74) is 9.25. The third-order valence-electron chi connectivity index (χ3n) is 2.07. The van der Waals surface area contributed by atoms with Crippen LogP contribution in [0.5, 0.6) is 5.75 Å². The van der Waals surface area contributed by atoms with Crippen LogP contribution in [-0.2, 0) is 9.84 Å². The summed E-state index contributed by atoms with van der Waals surface area (Å²) in [6.45, 7) is 0. The Labute approximate surface area is 113 Å². The molecule has 0 aliphatic carbocycles. The molecule has 1 aromatic rings. The van der Waals surface area contributed by atoms with Gasteiger partial charge in [-0.05, 0) is 0 Å². The zero-order chi connectivity index (χ0) is 15.5. The number of nitro benzene ring substituents is 1. The largest absolute Gasteiger partial charge is 0.507 e. The average Bonchev–Trinajstić information content (AvgIpc) is 2.28. The number of aromatic hydroxyl groups is 1. The van der Waals surface area contributed by atoms with E-state index in [9.17, 15) is 23.6 Å². The summed E-state index contributed by atoms with van der Waals surface area (Å²) in [5, 5.41) is 27.1. The minimum Gasteiger partial charge on any atom is -0.507 e. The zero-order valence-electron chi connectivity index (χ0n) is 10.2. The molecule has 0 unspecified atom stereocenters. The van der Waals surface area contributed by atoms with Crippen LogP contribution in [-0.4, -0.2) is 36.9 Å². The molecule has 0 aliphatic rings. The van der Waals surface area contributed by atoms with Crippen molar-refractivity contribution in [2.24, 2.45) is 21.7 Å². The highest BCUT2D eigenvalue weighted by molar-refractivity contribution is 7.90. The summed E-state index contributed by atoms with van der Waals surface area (Å²) in [7, 11) is -3.87. The first-order chi connectivity index (χ1) is 9.12. The van der Waals surface area contributed by atoms with Crippen molar-refractivity contribution < 1.29 is 18.4 Å². The predicted octanol–water partition coefficient (Wildman–Crippen LogP) is -0.689. The molecule has 5 N–H and O–H groups in total. The normalized spacial score (nSPS) is 11.4. The number of benzene rings is 1. The Bertz CT molecular complexity index is 706. The molecule has 0 spiro atoms. The summed E-state index contributed by atoms with van der Waals surface area (Å²) in [6, 6.07) is 1.63. The lowest BCUT2D eigenvalue weighted by atomic mass is 10.2. The standard InChI is InChI=1S/C9H11N5O5S/c1-20(18,19)8-3-7(15)5(2-6(8)14(16)17)4-12-13-9(10)11/h2-4,15H,1H3,(H4,10,11,13)/b12-4+. The van der Waals surface area contributed by atoms with Gasteiger partial charge in [0.1, 0.15) is 10.6 Å². The lowest BCUT2D eigenvalue weighted by molar-refractivity contribution is -0.387. The van der Waals surface area contributed by atoms with E-state index in [2.05, 4.69) is 10.2 Å². The summed E-state index contributed by atoms with van der Waals surface area (Å²) in [6.07, 6.45) is 1.75. The number of hydrogen-bond donors (Lipinski definition) is 3. The van der Waals surface area contributed by atoms with Crippen molar-refractivity contribution in [3.05, 3.63) is 27.8 Å². The SMILES string of the molecule is CS(=O)(=O)c1cc(O)c(/C=N/N=C(N)N)cc1[N+](=O)[O-]. The monoisotopic (exact) mass is 301 g/mol. The van der Waals surface area contributed by atoms with Crippen LogP contribution in [0.25, 0.3) is 0 Å². The summed E-state index contributed by atoms with van der Waals surface area (Å²) in [5.74, 6) is -0.853. The van der Waals surface area contributed by atoms with Crippen molar-refractivity contribution in [2.75, 3.05) is 6.26 Å².